The summed E-state index contributed by atoms with van der Waals surface area (Å²) >= 11 is 0. The maximum absolute atomic E-state index is 5.97. The Morgan fingerprint density at radius 2 is 2.00 bits per heavy atom. The fourth-order valence-electron chi connectivity index (χ4n) is 2.30. The van der Waals surface area contributed by atoms with Crippen LogP contribution in [0.2, 0.25) is 0 Å². The Kier molecular flexibility index (Phi) is 8.55. The fourth-order valence-corrected chi connectivity index (χ4v) is 2.30. The first-order valence-electron chi connectivity index (χ1n) is 7.53. The molecule has 0 aliphatic carbocycles. The normalized spacial score (nSPS) is 15.6. The van der Waals surface area contributed by atoms with Crippen molar-refractivity contribution in [3.63, 3.8) is 0 Å². The molecule has 0 spiro atoms. The van der Waals surface area contributed by atoms with Crippen molar-refractivity contribution in [2.45, 2.75) is 19.8 Å². The van der Waals surface area contributed by atoms with Crippen LogP contribution in [0.1, 0.15) is 25.3 Å². The van der Waals surface area contributed by atoms with E-state index in [9.17, 15) is 0 Å². The summed E-state index contributed by atoms with van der Waals surface area (Å²) in [7, 11) is 0. The summed E-state index contributed by atoms with van der Waals surface area (Å²) in [5.74, 6) is 1.97. The van der Waals surface area contributed by atoms with E-state index in [1.165, 1.54) is 5.56 Å². The summed E-state index contributed by atoms with van der Waals surface area (Å²) < 4.78 is 11.1. The lowest BCUT2D eigenvalue weighted by molar-refractivity contribution is 0.0674. The van der Waals surface area contributed by atoms with Crippen LogP contribution >= 0.6 is 24.0 Å². The zero-order valence-corrected chi connectivity index (χ0v) is 15.7. The maximum atomic E-state index is 5.97. The minimum atomic E-state index is 0. The fraction of sp³-hybridized carbons (Fsp3) is 0.562. The Hall–Kier alpha value is -1.02. The van der Waals surface area contributed by atoms with Crippen LogP contribution in [-0.2, 0) is 4.74 Å². The molecule has 6 heteroatoms. The van der Waals surface area contributed by atoms with Crippen LogP contribution < -0.4 is 10.5 Å². The lowest BCUT2D eigenvalue weighted by Gasteiger charge is -2.27. The first-order chi connectivity index (χ1) is 10.2. The Bertz CT molecular complexity index is 474. The van der Waals surface area contributed by atoms with Gasteiger partial charge in [-0.05, 0) is 17.5 Å². The van der Waals surface area contributed by atoms with Gasteiger partial charge in [0.15, 0.2) is 5.96 Å². The molecule has 0 bridgehead atoms. The van der Waals surface area contributed by atoms with E-state index in [0.717, 1.165) is 18.8 Å². The first-order valence-corrected chi connectivity index (χ1v) is 7.53. The van der Waals surface area contributed by atoms with Gasteiger partial charge in [0.25, 0.3) is 0 Å². The molecule has 1 aliphatic rings. The first kappa shape index (κ1) is 19.0. The SMILES string of the molecule is CC(C)c1ccccc1OCCN=C(N)N1CCOCC1.I. The molecular weight excluding hydrogens is 393 g/mol. The van der Waals surface area contributed by atoms with Crippen molar-refractivity contribution in [3.8, 4) is 5.75 Å². The van der Waals surface area contributed by atoms with Gasteiger partial charge >= 0.3 is 0 Å². The number of rotatable bonds is 5. The van der Waals surface area contributed by atoms with E-state index >= 15 is 0 Å². The number of para-hydroxylation sites is 1. The van der Waals surface area contributed by atoms with Crippen LogP contribution in [0, 0.1) is 0 Å². The zero-order chi connectivity index (χ0) is 15.1. The molecule has 0 unspecified atom stereocenters. The number of hydrogen-bond acceptors (Lipinski definition) is 3. The third kappa shape index (κ3) is 5.64. The molecule has 5 nitrogen and oxygen atoms in total. The summed E-state index contributed by atoms with van der Waals surface area (Å²) in [4.78, 5) is 6.42. The zero-order valence-electron chi connectivity index (χ0n) is 13.3. The number of benzene rings is 1. The number of hydrogen-bond donors (Lipinski definition) is 1. The van der Waals surface area contributed by atoms with Gasteiger partial charge in [0.05, 0.1) is 19.8 Å². The van der Waals surface area contributed by atoms with E-state index in [1.807, 2.05) is 23.1 Å². The van der Waals surface area contributed by atoms with Crippen LogP contribution in [0.4, 0.5) is 0 Å². The number of morpholine rings is 1. The van der Waals surface area contributed by atoms with E-state index in [2.05, 4.69) is 24.9 Å². The van der Waals surface area contributed by atoms with Crippen molar-refractivity contribution < 1.29 is 9.47 Å². The Balaban J connectivity index is 0.00000242. The van der Waals surface area contributed by atoms with Crippen LogP contribution in [-0.4, -0.2) is 50.3 Å². The average molecular weight is 419 g/mol. The van der Waals surface area contributed by atoms with Crippen LogP contribution in [0.15, 0.2) is 29.3 Å². The van der Waals surface area contributed by atoms with Gasteiger partial charge in [-0.2, -0.15) is 0 Å². The molecule has 1 aliphatic heterocycles. The van der Waals surface area contributed by atoms with E-state index < -0.39 is 0 Å². The van der Waals surface area contributed by atoms with Crippen molar-refractivity contribution >= 4 is 29.9 Å². The lowest BCUT2D eigenvalue weighted by atomic mass is 10.0. The topological polar surface area (TPSA) is 60.1 Å². The summed E-state index contributed by atoms with van der Waals surface area (Å²) in [6, 6.07) is 8.14. The predicted molar refractivity (Wildman–Crippen MR) is 100 cm³/mol. The molecule has 1 aromatic rings. The number of nitrogens with two attached hydrogens (primary N) is 1. The van der Waals surface area contributed by atoms with Gasteiger partial charge in [0.1, 0.15) is 12.4 Å². The molecule has 1 fully saturated rings. The molecule has 22 heavy (non-hydrogen) atoms. The smallest absolute Gasteiger partial charge is 0.191 e. The van der Waals surface area contributed by atoms with Crippen molar-refractivity contribution in [1.82, 2.24) is 4.90 Å². The molecule has 124 valence electrons. The standard InChI is InChI=1S/C16H25N3O2.HI/c1-13(2)14-5-3-4-6-15(14)21-10-7-18-16(17)19-8-11-20-12-9-19;/h3-6,13H,7-12H2,1-2H3,(H2,17,18);1H. The number of aliphatic imine (C=N–C) groups is 1. The molecule has 1 saturated heterocycles. The molecule has 0 atom stereocenters. The Labute approximate surface area is 149 Å². The summed E-state index contributed by atoms with van der Waals surface area (Å²) in [6.45, 7) is 8.49. The van der Waals surface area contributed by atoms with Gasteiger partial charge in [-0.25, -0.2) is 4.99 Å². The molecule has 0 amide bonds. The largest absolute Gasteiger partial charge is 0.491 e. The van der Waals surface area contributed by atoms with Gasteiger partial charge in [0, 0.05) is 13.1 Å². The van der Waals surface area contributed by atoms with Crippen molar-refractivity contribution in [3.05, 3.63) is 29.8 Å². The van der Waals surface area contributed by atoms with Gasteiger partial charge in [0.2, 0.25) is 0 Å². The number of halogens is 1. The number of ether oxygens (including phenoxy) is 2. The summed E-state index contributed by atoms with van der Waals surface area (Å²) in [6.07, 6.45) is 0. The van der Waals surface area contributed by atoms with Crippen LogP contribution in [0.25, 0.3) is 0 Å². The van der Waals surface area contributed by atoms with Gasteiger partial charge in [-0.1, -0.05) is 32.0 Å². The highest BCUT2D eigenvalue weighted by molar-refractivity contribution is 14.0. The van der Waals surface area contributed by atoms with E-state index in [4.69, 9.17) is 15.2 Å². The third-order valence-corrected chi connectivity index (χ3v) is 3.50. The lowest BCUT2D eigenvalue weighted by Crippen LogP contribution is -2.45. The second-order valence-electron chi connectivity index (χ2n) is 5.38. The Morgan fingerprint density at radius 1 is 1.32 bits per heavy atom. The molecule has 2 N–H and O–H groups in total. The van der Waals surface area contributed by atoms with Gasteiger partial charge in [-0.3, -0.25) is 0 Å². The van der Waals surface area contributed by atoms with Crippen molar-refractivity contribution in [2.24, 2.45) is 10.7 Å². The van der Waals surface area contributed by atoms with Crippen LogP contribution in [0.5, 0.6) is 5.75 Å². The maximum Gasteiger partial charge on any atom is 0.191 e. The third-order valence-electron chi connectivity index (χ3n) is 3.50. The molecular formula is C16H26IN3O2. The highest BCUT2D eigenvalue weighted by Crippen LogP contribution is 2.25. The summed E-state index contributed by atoms with van der Waals surface area (Å²) in [5, 5.41) is 0. The van der Waals surface area contributed by atoms with Gasteiger partial charge in [-0.15, -0.1) is 24.0 Å². The highest BCUT2D eigenvalue weighted by Gasteiger charge is 2.12. The molecule has 1 aromatic carbocycles. The molecule has 2 rings (SSSR count). The minimum Gasteiger partial charge on any atom is -0.491 e. The van der Waals surface area contributed by atoms with E-state index in [-0.39, 0.29) is 24.0 Å². The minimum absolute atomic E-state index is 0. The highest BCUT2D eigenvalue weighted by atomic mass is 127. The van der Waals surface area contributed by atoms with Crippen LogP contribution in [0.3, 0.4) is 0 Å². The molecule has 0 aromatic heterocycles. The monoisotopic (exact) mass is 419 g/mol. The van der Waals surface area contributed by atoms with E-state index in [1.54, 1.807) is 0 Å². The summed E-state index contributed by atoms with van der Waals surface area (Å²) in [5.41, 5.74) is 7.20. The Morgan fingerprint density at radius 3 is 2.68 bits per heavy atom. The van der Waals surface area contributed by atoms with E-state index in [0.29, 0.717) is 38.2 Å². The predicted octanol–water partition coefficient (Wildman–Crippen LogP) is 2.45. The quantitative estimate of drug-likeness (QED) is 0.345. The van der Waals surface area contributed by atoms with Gasteiger partial charge < -0.3 is 20.1 Å². The van der Waals surface area contributed by atoms with Crippen molar-refractivity contribution in [1.29, 1.82) is 0 Å². The number of nitrogens with zero attached hydrogens (tertiary/aromatic N) is 2. The number of guanidine groups is 1. The molecule has 1 heterocycles. The van der Waals surface area contributed by atoms with Crippen molar-refractivity contribution in [2.75, 3.05) is 39.5 Å². The second kappa shape index (κ2) is 9.89. The molecule has 0 saturated carbocycles. The average Bonchev–Trinajstić information content (AvgIpc) is 2.52. The second-order valence-corrected chi connectivity index (χ2v) is 5.38. The molecule has 0 radical (unpaired) electrons.